The molecule has 0 aliphatic heterocycles. The lowest BCUT2D eigenvalue weighted by Crippen LogP contribution is -2.16. The number of hydrogen-bond acceptors (Lipinski definition) is 4. The molecule has 0 atom stereocenters. The van der Waals surface area contributed by atoms with E-state index in [0.717, 1.165) is 5.69 Å². The monoisotopic (exact) mass is 263 g/mol. The normalized spacial score (nSPS) is 11.7. The quantitative estimate of drug-likeness (QED) is 0.646. The molecule has 19 heavy (non-hydrogen) atoms. The number of fused-ring (bicyclic) bond motifs is 1. The Morgan fingerprint density at radius 2 is 2.00 bits per heavy atom. The molecule has 0 fully saturated rings. The number of nitrogens with one attached hydrogen (secondary N) is 1. The molecule has 1 aromatic heterocycles. The maximum Gasteiger partial charge on any atom is 0.149 e. The number of anilines is 1. The average molecular weight is 263 g/mol. The fourth-order valence-corrected chi connectivity index (χ4v) is 1.95. The van der Waals surface area contributed by atoms with Crippen molar-refractivity contribution in [2.45, 2.75) is 26.2 Å². The van der Waals surface area contributed by atoms with Crippen LogP contribution in [-0.2, 0) is 5.41 Å². The highest BCUT2D eigenvalue weighted by molar-refractivity contribution is 5.97. The first kappa shape index (κ1) is 13.5. The van der Waals surface area contributed by atoms with Gasteiger partial charge in [0.2, 0.25) is 0 Å². The Morgan fingerprint density at radius 1 is 1.32 bits per heavy atom. The fourth-order valence-electron chi connectivity index (χ4n) is 1.95. The summed E-state index contributed by atoms with van der Waals surface area (Å²) < 4.78 is 19.2. The number of hydrogen-bond donors (Lipinski definition) is 2. The van der Waals surface area contributed by atoms with Gasteiger partial charge in [-0.3, -0.25) is 5.84 Å². The van der Waals surface area contributed by atoms with Crippen LogP contribution < -0.4 is 16.0 Å². The number of rotatable bonds is 2. The van der Waals surface area contributed by atoms with Gasteiger partial charge in [0.1, 0.15) is 17.1 Å². The van der Waals surface area contributed by atoms with Crippen LogP contribution in [0, 0.1) is 5.82 Å². The topological polar surface area (TPSA) is 60.2 Å². The summed E-state index contributed by atoms with van der Waals surface area (Å²) in [5, 5.41) is 0.554. The molecule has 2 aromatic rings. The minimum Gasteiger partial charge on any atom is -0.496 e. The second-order valence-corrected chi connectivity index (χ2v) is 5.42. The van der Waals surface area contributed by atoms with Crippen molar-refractivity contribution in [2.24, 2.45) is 5.84 Å². The van der Waals surface area contributed by atoms with E-state index in [9.17, 15) is 4.39 Å². The summed E-state index contributed by atoms with van der Waals surface area (Å²) in [7, 11) is 1.53. The lowest BCUT2D eigenvalue weighted by Gasteiger charge is -2.20. The summed E-state index contributed by atoms with van der Waals surface area (Å²) in [5.41, 5.74) is 4.03. The Bertz CT molecular complexity index is 620. The summed E-state index contributed by atoms with van der Waals surface area (Å²) in [6.45, 7) is 6.04. The van der Waals surface area contributed by atoms with E-state index in [1.807, 2.05) is 26.8 Å². The molecule has 3 N–H and O–H groups in total. The van der Waals surface area contributed by atoms with Crippen molar-refractivity contribution < 1.29 is 9.13 Å². The fraction of sp³-hybridized carbons (Fsp3) is 0.357. The Hall–Kier alpha value is -1.88. The molecule has 0 saturated heterocycles. The number of pyridine rings is 1. The first-order chi connectivity index (χ1) is 8.88. The van der Waals surface area contributed by atoms with Crippen LogP contribution in [0.3, 0.4) is 0 Å². The van der Waals surface area contributed by atoms with Crippen LogP contribution in [0.4, 0.5) is 10.1 Å². The van der Waals surface area contributed by atoms with Gasteiger partial charge in [0.15, 0.2) is 0 Å². The number of nitrogens with two attached hydrogens (primary N) is 1. The number of nitrogen functional groups attached to an aromatic ring is 1. The molecule has 0 aliphatic carbocycles. The van der Waals surface area contributed by atoms with Crippen molar-refractivity contribution in [1.29, 1.82) is 0 Å². The van der Waals surface area contributed by atoms with Gasteiger partial charge in [0, 0.05) is 11.1 Å². The van der Waals surface area contributed by atoms with Gasteiger partial charge in [0.25, 0.3) is 0 Å². The number of halogens is 1. The van der Waals surface area contributed by atoms with E-state index >= 15 is 0 Å². The number of methoxy groups -OCH3 is 1. The van der Waals surface area contributed by atoms with Gasteiger partial charge >= 0.3 is 0 Å². The number of nitrogens with zero attached hydrogens (tertiary/aromatic N) is 1. The van der Waals surface area contributed by atoms with E-state index in [1.54, 1.807) is 6.07 Å². The minimum atomic E-state index is -0.390. The number of hydrazine groups is 1. The zero-order valence-corrected chi connectivity index (χ0v) is 11.5. The van der Waals surface area contributed by atoms with Crippen molar-refractivity contribution in [3.05, 3.63) is 29.7 Å². The van der Waals surface area contributed by atoms with Crippen LogP contribution in [0.25, 0.3) is 10.9 Å². The molecule has 0 bridgehead atoms. The molecule has 0 saturated carbocycles. The molecule has 5 heteroatoms. The Labute approximate surface area is 111 Å². The average Bonchev–Trinajstić information content (AvgIpc) is 2.37. The number of ether oxygens (including phenoxy) is 1. The van der Waals surface area contributed by atoms with Crippen molar-refractivity contribution in [2.75, 3.05) is 12.5 Å². The second kappa shape index (κ2) is 4.66. The number of aromatic nitrogens is 1. The highest BCUT2D eigenvalue weighted by Gasteiger charge is 2.20. The first-order valence-corrected chi connectivity index (χ1v) is 6.03. The zero-order chi connectivity index (χ0) is 14.2. The molecule has 0 unspecified atom stereocenters. The highest BCUT2D eigenvalue weighted by Crippen LogP contribution is 2.35. The maximum atomic E-state index is 14.0. The van der Waals surface area contributed by atoms with Crippen LogP contribution in [0.5, 0.6) is 5.75 Å². The third kappa shape index (κ3) is 2.33. The van der Waals surface area contributed by atoms with Crippen molar-refractivity contribution in [3.8, 4) is 5.75 Å². The molecule has 0 aliphatic rings. The third-order valence-corrected chi connectivity index (χ3v) is 3.02. The van der Waals surface area contributed by atoms with E-state index in [4.69, 9.17) is 10.6 Å². The predicted molar refractivity (Wildman–Crippen MR) is 74.8 cm³/mol. The van der Waals surface area contributed by atoms with Crippen molar-refractivity contribution in [3.63, 3.8) is 0 Å². The number of benzene rings is 1. The van der Waals surface area contributed by atoms with Crippen LogP contribution in [0.2, 0.25) is 0 Å². The highest BCUT2D eigenvalue weighted by atomic mass is 19.1. The lowest BCUT2D eigenvalue weighted by atomic mass is 9.90. The molecule has 2 rings (SSSR count). The van der Waals surface area contributed by atoms with Gasteiger partial charge in [-0.05, 0) is 18.2 Å². The van der Waals surface area contributed by atoms with Crippen molar-refractivity contribution >= 4 is 16.6 Å². The Morgan fingerprint density at radius 3 is 2.53 bits per heavy atom. The summed E-state index contributed by atoms with van der Waals surface area (Å²) in [5.74, 6) is 5.69. The van der Waals surface area contributed by atoms with E-state index in [2.05, 4.69) is 10.4 Å². The maximum absolute atomic E-state index is 14.0. The second-order valence-electron chi connectivity index (χ2n) is 5.42. The standard InChI is InChI=1S/C14H18FN3O/c1-14(2,3)11-7-9(18-16)12-10(19-4)6-5-8(15)13(12)17-11/h5-7H,16H2,1-4H3,(H,17,18). The minimum absolute atomic E-state index is 0.199. The summed E-state index contributed by atoms with van der Waals surface area (Å²) >= 11 is 0. The molecule has 0 amide bonds. The van der Waals surface area contributed by atoms with E-state index < -0.39 is 5.82 Å². The van der Waals surface area contributed by atoms with Gasteiger partial charge < -0.3 is 10.2 Å². The zero-order valence-electron chi connectivity index (χ0n) is 11.5. The van der Waals surface area contributed by atoms with Gasteiger partial charge in [-0.15, -0.1) is 0 Å². The van der Waals surface area contributed by atoms with Crippen LogP contribution in [0.15, 0.2) is 18.2 Å². The predicted octanol–water partition coefficient (Wildman–Crippen LogP) is 2.97. The van der Waals surface area contributed by atoms with Gasteiger partial charge in [-0.2, -0.15) is 0 Å². The van der Waals surface area contributed by atoms with Gasteiger partial charge in [-0.25, -0.2) is 9.37 Å². The summed E-state index contributed by atoms with van der Waals surface area (Å²) in [6.07, 6.45) is 0. The largest absolute Gasteiger partial charge is 0.496 e. The SMILES string of the molecule is COc1ccc(F)c2nc(C(C)(C)C)cc(NN)c12. The van der Waals surface area contributed by atoms with Crippen LogP contribution in [0.1, 0.15) is 26.5 Å². The molecular formula is C14H18FN3O. The van der Waals surface area contributed by atoms with E-state index in [1.165, 1.54) is 13.2 Å². The summed E-state index contributed by atoms with van der Waals surface area (Å²) in [6, 6.07) is 4.74. The van der Waals surface area contributed by atoms with E-state index in [0.29, 0.717) is 16.8 Å². The van der Waals surface area contributed by atoms with Gasteiger partial charge in [-0.1, -0.05) is 20.8 Å². The molecule has 1 heterocycles. The van der Waals surface area contributed by atoms with Crippen molar-refractivity contribution in [1.82, 2.24) is 4.98 Å². The molecule has 0 radical (unpaired) electrons. The lowest BCUT2D eigenvalue weighted by molar-refractivity contribution is 0.419. The van der Waals surface area contributed by atoms with Crippen LogP contribution >= 0.6 is 0 Å². The Balaban J connectivity index is 2.88. The molecule has 1 aromatic carbocycles. The Kier molecular flexibility index (Phi) is 3.32. The smallest absolute Gasteiger partial charge is 0.149 e. The molecule has 0 spiro atoms. The molecular weight excluding hydrogens is 245 g/mol. The summed E-state index contributed by atoms with van der Waals surface area (Å²) in [4.78, 5) is 4.41. The molecule has 4 nitrogen and oxygen atoms in total. The van der Waals surface area contributed by atoms with E-state index in [-0.39, 0.29) is 10.9 Å². The first-order valence-electron chi connectivity index (χ1n) is 6.03. The van der Waals surface area contributed by atoms with Gasteiger partial charge in [0.05, 0.1) is 18.2 Å². The third-order valence-electron chi connectivity index (χ3n) is 3.02. The van der Waals surface area contributed by atoms with Crippen LogP contribution in [-0.4, -0.2) is 12.1 Å². The molecule has 102 valence electrons.